The third kappa shape index (κ3) is 6.67. The van der Waals surface area contributed by atoms with Crippen LogP contribution in [0, 0.1) is 23.1 Å². The SMILES string of the molecule is COC(=N)CC#CC1CN(S(=O)(=O)c2cccc(C(F)(F)F)c2)c2cc(/C=C(\C)c3c(F)cccc3Cl)c(Cl)cc2O1. The number of methoxy groups -OCH3 is 1. The van der Waals surface area contributed by atoms with Crippen LogP contribution < -0.4 is 9.04 Å². The Kier molecular flexibility index (Phi) is 9.11. The van der Waals surface area contributed by atoms with Gasteiger partial charge < -0.3 is 9.47 Å². The highest BCUT2D eigenvalue weighted by atomic mass is 35.5. The molecule has 0 fully saturated rings. The van der Waals surface area contributed by atoms with Gasteiger partial charge >= 0.3 is 6.18 Å². The average molecular weight is 641 g/mol. The van der Waals surface area contributed by atoms with Crippen LogP contribution in [0.2, 0.25) is 10.0 Å². The Morgan fingerprint density at radius 2 is 1.88 bits per heavy atom. The van der Waals surface area contributed by atoms with Crippen molar-refractivity contribution in [2.75, 3.05) is 18.0 Å². The fourth-order valence-corrected chi connectivity index (χ4v) is 6.19. The first-order chi connectivity index (χ1) is 19.7. The molecule has 0 aliphatic carbocycles. The number of nitrogens with zero attached hydrogens (tertiary/aromatic N) is 1. The average Bonchev–Trinajstić information content (AvgIpc) is 2.92. The summed E-state index contributed by atoms with van der Waals surface area (Å²) in [5.41, 5.74) is -0.372. The van der Waals surface area contributed by atoms with Gasteiger partial charge in [0.2, 0.25) is 0 Å². The lowest BCUT2D eigenvalue weighted by molar-refractivity contribution is -0.137. The van der Waals surface area contributed by atoms with E-state index in [4.69, 9.17) is 38.1 Å². The maximum atomic E-state index is 14.5. The van der Waals surface area contributed by atoms with Gasteiger partial charge in [-0.3, -0.25) is 9.71 Å². The molecule has 0 amide bonds. The van der Waals surface area contributed by atoms with Gasteiger partial charge in [-0.15, -0.1) is 0 Å². The molecule has 1 N–H and O–H groups in total. The third-order valence-corrected chi connectivity index (χ3v) is 8.60. The molecular formula is C29H22Cl2F4N2O4S. The fourth-order valence-electron chi connectivity index (χ4n) is 4.16. The van der Waals surface area contributed by atoms with Gasteiger partial charge in [0.05, 0.1) is 46.3 Å². The summed E-state index contributed by atoms with van der Waals surface area (Å²) in [4.78, 5) is -0.598. The van der Waals surface area contributed by atoms with Crippen LogP contribution in [-0.2, 0) is 20.9 Å². The van der Waals surface area contributed by atoms with Crippen molar-refractivity contribution in [3.63, 3.8) is 0 Å². The molecule has 1 aliphatic rings. The zero-order chi connectivity index (χ0) is 30.8. The minimum Gasteiger partial charge on any atom is -0.484 e. The van der Waals surface area contributed by atoms with Gasteiger partial charge in [-0.1, -0.05) is 47.2 Å². The topological polar surface area (TPSA) is 79.7 Å². The minimum absolute atomic E-state index is 0.00152. The monoisotopic (exact) mass is 640 g/mol. The third-order valence-electron chi connectivity index (χ3n) is 6.18. The van der Waals surface area contributed by atoms with Crippen molar-refractivity contribution >= 4 is 56.5 Å². The van der Waals surface area contributed by atoms with Crippen molar-refractivity contribution in [1.82, 2.24) is 0 Å². The lowest BCUT2D eigenvalue weighted by Gasteiger charge is -2.34. The van der Waals surface area contributed by atoms with E-state index in [0.29, 0.717) is 11.6 Å². The number of anilines is 1. The van der Waals surface area contributed by atoms with Crippen LogP contribution in [0.4, 0.5) is 23.2 Å². The van der Waals surface area contributed by atoms with Crippen LogP contribution in [0.3, 0.4) is 0 Å². The summed E-state index contributed by atoms with van der Waals surface area (Å²) in [7, 11) is -3.28. The van der Waals surface area contributed by atoms with Gasteiger partial charge in [-0.2, -0.15) is 13.2 Å². The van der Waals surface area contributed by atoms with Gasteiger partial charge in [0, 0.05) is 11.6 Å². The Labute approximate surface area is 250 Å². The number of benzene rings is 3. The predicted molar refractivity (Wildman–Crippen MR) is 154 cm³/mol. The first kappa shape index (κ1) is 31.2. The Morgan fingerprint density at radius 1 is 1.17 bits per heavy atom. The van der Waals surface area contributed by atoms with E-state index in [1.807, 2.05) is 0 Å². The lowest BCUT2D eigenvalue weighted by atomic mass is 10.0. The molecular weight excluding hydrogens is 619 g/mol. The second-order valence-electron chi connectivity index (χ2n) is 9.06. The Bertz CT molecular complexity index is 1730. The van der Waals surface area contributed by atoms with Gasteiger partial charge in [-0.05, 0) is 60.5 Å². The van der Waals surface area contributed by atoms with Crippen LogP contribution in [0.25, 0.3) is 11.6 Å². The van der Waals surface area contributed by atoms with E-state index in [0.717, 1.165) is 22.5 Å². The Hall–Kier alpha value is -3.72. The standard InChI is InChI=1S/C29H22Cl2F4N2O4S/c1-17(28-22(30)9-5-10-24(28)32)12-18-13-25-26(15-23(18)31)41-20(7-4-11-27(36)40-2)16-37(25)42(38,39)21-8-3-6-19(14-21)29(33,34)35/h3,5-6,8-10,12-15,20,36H,11,16H2,1-2H3/b17-12+,36-27?. The van der Waals surface area contributed by atoms with E-state index in [-0.39, 0.29) is 51.5 Å². The number of ether oxygens (including phenoxy) is 2. The fraction of sp³-hybridized carbons (Fsp3) is 0.207. The number of rotatable bonds is 5. The largest absolute Gasteiger partial charge is 0.484 e. The molecule has 0 radical (unpaired) electrons. The van der Waals surface area contributed by atoms with Gasteiger partial charge in [0.1, 0.15) is 11.6 Å². The Balaban J connectivity index is 1.85. The molecule has 0 saturated carbocycles. The molecule has 220 valence electrons. The summed E-state index contributed by atoms with van der Waals surface area (Å²) in [5, 5.41) is 7.84. The highest BCUT2D eigenvalue weighted by Gasteiger charge is 2.37. The van der Waals surface area contributed by atoms with Crippen molar-refractivity contribution in [1.29, 1.82) is 5.41 Å². The summed E-state index contributed by atoms with van der Waals surface area (Å²) in [5.74, 6) is 4.69. The number of nitrogens with one attached hydrogen (secondary N) is 1. The van der Waals surface area contributed by atoms with Crippen LogP contribution >= 0.6 is 23.2 Å². The molecule has 1 unspecified atom stereocenters. The number of sulfonamides is 1. The second-order valence-corrected chi connectivity index (χ2v) is 11.7. The molecule has 3 aromatic rings. The smallest absolute Gasteiger partial charge is 0.416 e. The van der Waals surface area contributed by atoms with E-state index in [1.165, 1.54) is 43.5 Å². The number of hydrogen-bond acceptors (Lipinski definition) is 5. The van der Waals surface area contributed by atoms with E-state index in [1.54, 1.807) is 6.92 Å². The summed E-state index contributed by atoms with van der Waals surface area (Å²) in [6, 6.07) is 10.3. The predicted octanol–water partition coefficient (Wildman–Crippen LogP) is 7.69. The maximum Gasteiger partial charge on any atom is 0.416 e. The van der Waals surface area contributed by atoms with Gasteiger partial charge in [0.25, 0.3) is 10.0 Å². The minimum atomic E-state index is -4.77. The van der Waals surface area contributed by atoms with E-state index < -0.39 is 38.6 Å². The normalized spacial score (nSPS) is 15.3. The maximum absolute atomic E-state index is 14.5. The molecule has 6 nitrogen and oxygen atoms in total. The van der Waals surface area contributed by atoms with Crippen molar-refractivity contribution in [2.45, 2.75) is 30.5 Å². The number of fused-ring (bicyclic) bond motifs is 1. The summed E-state index contributed by atoms with van der Waals surface area (Å²) in [6.07, 6.45) is -4.40. The molecule has 0 bridgehead atoms. The summed E-state index contributed by atoms with van der Waals surface area (Å²) < 4.78 is 94.0. The van der Waals surface area contributed by atoms with Gasteiger partial charge in [0.15, 0.2) is 12.0 Å². The van der Waals surface area contributed by atoms with Crippen molar-refractivity contribution in [3.05, 3.63) is 87.2 Å². The number of halogens is 6. The van der Waals surface area contributed by atoms with Gasteiger partial charge in [-0.25, -0.2) is 12.8 Å². The van der Waals surface area contributed by atoms with E-state index in [2.05, 4.69) is 11.8 Å². The number of allylic oxidation sites excluding steroid dienone is 1. The summed E-state index contributed by atoms with van der Waals surface area (Å²) in [6.45, 7) is 1.21. The molecule has 1 aliphatic heterocycles. The first-order valence-electron chi connectivity index (χ1n) is 12.1. The molecule has 4 rings (SSSR count). The molecule has 1 atom stereocenters. The van der Waals surface area contributed by atoms with Crippen LogP contribution in [-0.4, -0.2) is 34.1 Å². The zero-order valence-corrected chi connectivity index (χ0v) is 24.3. The van der Waals surface area contributed by atoms with Crippen LogP contribution in [0.1, 0.15) is 30.0 Å². The van der Waals surface area contributed by atoms with Crippen molar-refractivity contribution in [3.8, 4) is 17.6 Å². The second kappa shape index (κ2) is 12.3. The highest BCUT2D eigenvalue weighted by molar-refractivity contribution is 7.92. The quantitative estimate of drug-likeness (QED) is 0.102. The molecule has 13 heteroatoms. The first-order valence-corrected chi connectivity index (χ1v) is 14.3. The van der Waals surface area contributed by atoms with Crippen LogP contribution in [0.5, 0.6) is 5.75 Å². The lowest BCUT2D eigenvalue weighted by Crippen LogP contribution is -2.43. The molecule has 3 aromatic carbocycles. The zero-order valence-electron chi connectivity index (χ0n) is 22.0. The van der Waals surface area contributed by atoms with Crippen molar-refractivity contribution in [2.24, 2.45) is 0 Å². The molecule has 0 saturated heterocycles. The summed E-state index contributed by atoms with van der Waals surface area (Å²) >= 11 is 12.7. The van der Waals surface area contributed by atoms with E-state index in [9.17, 15) is 26.0 Å². The number of hydrogen-bond donors (Lipinski definition) is 1. The Morgan fingerprint density at radius 3 is 2.55 bits per heavy atom. The number of alkyl halides is 3. The molecule has 42 heavy (non-hydrogen) atoms. The molecule has 1 heterocycles. The van der Waals surface area contributed by atoms with Crippen LogP contribution in [0.15, 0.2) is 59.5 Å². The van der Waals surface area contributed by atoms with Crippen molar-refractivity contribution < 1.29 is 35.5 Å². The highest BCUT2D eigenvalue weighted by Crippen LogP contribution is 2.42. The molecule has 0 aromatic heterocycles. The van der Waals surface area contributed by atoms with E-state index >= 15 is 0 Å². The molecule has 0 spiro atoms.